The number of benzene rings is 2. The van der Waals surface area contributed by atoms with Crippen LogP contribution in [-0.4, -0.2) is 41.2 Å². The first kappa shape index (κ1) is 31.8. The van der Waals surface area contributed by atoms with Crippen LogP contribution in [-0.2, 0) is 0 Å². The average Bonchev–Trinajstić information content (AvgIpc) is 2.89. The fourth-order valence-electron chi connectivity index (χ4n) is 5.26. The Bertz CT molecular complexity index is 1230. The minimum atomic E-state index is -1.81. The Morgan fingerprint density at radius 1 is 0.707 bits per heavy atom. The third kappa shape index (κ3) is 8.06. The second-order valence-corrected chi connectivity index (χ2v) is 24.8. The normalized spacial score (nSPS) is 19.4. The molecule has 0 unspecified atom stereocenters. The van der Waals surface area contributed by atoms with Crippen LogP contribution in [0.3, 0.4) is 0 Å². The Balaban J connectivity index is 1.30. The van der Waals surface area contributed by atoms with E-state index in [0.29, 0.717) is 0 Å². The van der Waals surface area contributed by atoms with Crippen molar-refractivity contribution in [2.75, 3.05) is 19.6 Å². The molecular formula is C36H55NO2Si2. The van der Waals surface area contributed by atoms with Gasteiger partial charge in [0.05, 0.1) is 0 Å². The molecule has 1 aliphatic heterocycles. The zero-order valence-corrected chi connectivity index (χ0v) is 29.6. The molecule has 1 atom stereocenters. The van der Waals surface area contributed by atoms with E-state index in [1.807, 2.05) is 0 Å². The van der Waals surface area contributed by atoms with E-state index in [1.54, 1.807) is 0 Å². The van der Waals surface area contributed by atoms with Crippen molar-refractivity contribution in [3.8, 4) is 11.5 Å². The number of rotatable bonds is 8. The van der Waals surface area contributed by atoms with E-state index in [0.717, 1.165) is 36.9 Å². The van der Waals surface area contributed by atoms with Gasteiger partial charge in [-0.2, -0.15) is 0 Å². The smallest absolute Gasteiger partial charge is 0.250 e. The first-order valence-electron chi connectivity index (χ1n) is 15.7. The highest BCUT2D eigenvalue weighted by Crippen LogP contribution is 2.39. The molecule has 5 heteroatoms. The quantitative estimate of drug-likeness (QED) is 0.286. The molecule has 4 rings (SSSR count). The lowest BCUT2D eigenvalue weighted by Crippen LogP contribution is -2.43. The van der Waals surface area contributed by atoms with Crippen LogP contribution >= 0.6 is 0 Å². The first-order valence-corrected chi connectivity index (χ1v) is 21.6. The lowest BCUT2D eigenvalue weighted by atomic mass is 9.85. The van der Waals surface area contributed by atoms with Crippen molar-refractivity contribution in [1.29, 1.82) is 0 Å². The summed E-state index contributed by atoms with van der Waals surface area (Å²) in [5, 5.41) is 0.416. The highest BCUT2D eigenvalue weighted by Gasteiger charge is 2.39. The largest absolute Gasteiger partial charge is 0.544 e. The molecule has 0 radical (unpaired) electrons. The Morgan fingerprint density at radius 2 is 1.20 bits per heavy atom. The second kappa shape index (κ2) is 12.3. The van der Waals surface area contributed by atoms with Crippen LogP contribution in [0, 0.1) is 5.92 Å². The summed E-state index contributed by atoms with van der Waals surface area (Å²) in [6.45, 7) is 26.4. The molecular weight excluding hydrogens is 535 g/mol. The Labute approximate surface area is 253 Å². The summed E-state index contributed by atoms with van der Waals surface area (Å²) in [7, 11) is -3.62. The van der Waals surface area contributed by atoms with Crippen LogP contribution in [0.1, 0.15) is 78.4 Å². The molecule has 0 bridgehead atoms. The topological polar surface area (TPSA) is 21.7 Å². The van der Waals surface area contributed by atoms with Gasteiger partial charge in [-0.05, 0) is 114 Å². The SMILES string of the molecule is CC(C)(C)[Si](C)(C)Oc1ccc(C2=CCN(C[C@@H]3CCC=C(c4ccc(O[Si](C)(C)C(C)(C)C)cc4)C3)CC2)cc1. The van der Waals surface area contributed by atoms with E-state index in [9.17, 15) is 0 Å². The van der Waals surface area contributed by atoms with Gasteiger partial charge in [0.25, 0.3) is 0 Å². The first-order chi connectivity index (χ1) is 19.0. The maximum absolute atomic E-state index is 6.51. The molecule has 2 aliphatic rings. The van der Waals surface area contributed by atoms with Crippen molar-refractivity contribution in [2.24, 2.45) is 5.92 Å². The van der Waals surface area contributed by atoms with Crippen LogP contribution in [0.2, 0.25) is 36.3 Å². The number of nitrogens with zero attached hydrogens (tertiary/aromatic N) is 1. The highest BCUT2D eigenvalue weighted by atomic mass is 28.4. The summed E-state index contributed by atoms with van der Waals surface area (Å²) in [4.78, 5) is 2.65. The molecule has 2 aromatic carbocycles. The van der Waals surface area contributed by atoms with Gasteiger partial charge in [0, 0.05) is 19.6 Å². The van der Waals surface area contributed by atoms with Gasteiger partial charge in [-0.1, -0.05) is 78.0 Å². The van der Waals surface area contributed by atoms with Crippen LogP contribution in [0.5, 0.6) is 11.5 Å². The van der Waals surface area contributed by atoms with Crippen molar-refractivity contribution in [1.82, 2.24) is 4.90 Å². The van der Waals surface area contributed by atoms with Gasteiger partial charge in [-0.25, -0.2) is 0 Å². The Hall–Kier alpha value is -2.09. The van der Waals surface area contributed by atoms with E-state index >= 15 is 0 Å². The van der Waals surface area contributed by atoms with E-state index in [1.165, 1.54) is 48.1 Å². The second-order valence-electron chi connectivity index (χ2n) is 15.4. The molecule has 1 heterocycles. The minimum absolute atomic E-state index is 0.208. The molecule has 0 fully saturated rings. The molecule has 3 nitrogen and oxygen atoms in total. The van der Waals surface area contributed by atoms with Crippen molar-refractivity contribution in [3.05, 3.63) is 71.8 Å². The van der Waals surface area contributed by atoms with E-state index < -0.39 is 16.6 Å². The molecule has 0 saturated carbocycles. The zero-order chi connectivity index (χ0) is 30.1. The molecule has 0 spiro atoms. The van der Waals surface area contributed by atoms with Gasteiger partial charge < -0.3 is 8.85 Å². The van der Waals surface area contributed by atoms with Gasteiger partial charge in [0.2, 0.25) is 16.6 Å². The van der Waals surface area contributed by atoms with Gasteiger partial charge in [0.1, 0.15) is 11.5 Å². The third-order valence-corrected chi connectivity index (χ3v) is 18.8. The fraction of sp³-hybridized carbons (Fsp3) is 0.556. The standard InChI is InChI=1S/C36H55NO2Si2/c1-35(2,3)40(7,8)38-33-18-14-29(15-19-33)31-22-24-37(25-23-31)27-28-12-11-13-32(26-28)30-16-20-34(21-17-30)39-41(9,10)36(4,5)6/h13-22,28H,11-12,23-27H2,1-10H3/t28-/m1/s1. The summed E-state index contributed by atoms with van der Waals surface area (Å²) in [5.41, 5.74) is 5.69. The summed E-state index contributed by atoms with van der Waals surface area (Å²) in [5.74, 6) is 2.75. The monoisotopic (exact) mass is 589 g/mol. The predicted octanol–water partition coefficient (Wildman–Crippen LogP) is 10.4. The summed E-state index contributed by atoms with van der Waals surface area (Å²) in [6.07, 6.45) is 9.68. The molecule has 1 aliphatic carbocycles. The van der Waals surface area contributed by atoms with Crippen LogP contribution < -0.4 is 8.85 Å². The number of hydrogen-bond donors (Lipinski definition) is 0. The van der Waals surface area contributed by atoms with Crippen LogP contribution in [0.4, 0.5) is 0 Å². The predicted molar refractivity (Wildman–Crippen MR) is 183 cm³/mol. The summed E-state index contributed by atoms with van der Waals surface area (Å²) in [6, 6.07) is 17.8. The highest BCUT2D eigenvalue weighted by molar-refractivity contribution is 6.75. The summed E-state index contributed by atoms with van der Waals surface area (Å²) < 4.78 is 13.0. The van der Waals surface area contributed by atoms with Gasteiger partial charge in [-0.3, -0.25) is 4.90 Å². The molecule has 2 aromatic rings. The number of hydrogen-bond acceptors (Lipinski definition) is 3. The molecule has 0 amide bonds. The third-order valence-electron chi connectivity index (χ3n) is 10.1. The van der Waals surface area contributed by atoms with Gasteiger partial charge in [-0.15, -0.1) is 0 Å². The van der Waals surface area contributed by atoms with E-state index in [2.05, 4.69) is 133 Å². The van der Waals surface area contributed by atoms with E-state index in [-0.39, 0.29) is 10.1 Å². The van der Waals surface area contributed by atoms with Crippen molar-refractivity contribution in [2.45, 2.75) is 103 Å². The van der Waals surface area contributed by atoms with Crippen molar-refractivity contribution in [3.63, 3.8) is 0 Å². The average molecular weight is 590 g/mol. The van der Waals surface area contributed by atoms with Crippen LogP contribution in [0.25, 0.3) is 11.1 Å². The molecule has 0 saturated heterocycles. The van der Waals surface area contributed by atoms with Crippen LogP contribution in [0.15, 0.2) is 60.7 Å². The Kier molecular flexibility index (Phi) is 9.52. The minimum Gasteiger partial charge on any atom is -0.544 e. The van der Waals surface area contributed by atoms with Crippen molar-refractivity contribution < 1.29 is 8.85 Å². The van der Waals surface area contributed by atoms with Crippen molar-refractivity contribution >= 4 is 27.8 Å². The van der Waals surface area contributed by atoms with Gasteiger partial charge in [0.15, 0.2) is 0 Å². The maximum Gasteiger partial charge on any atom is 0.250 e. The van der Waals surface area contributed by atoms with Gasteiger partial charge >= 0.3 is 0 Å². The van der Waals surface area contributed by atoms with E-state index in [4.69, 9.17) is 8.85 Å². The molecule has 0 N–H and O–H groups in total. The summed E-state index contributed by atoms with van der Waals surface area (Å²) >= 11 is 0. The fourth-order valence-corrected chi connectivity index (χ4v) is 7.32. The molecule has 41 heavy (non-hydrogen) atoms. The molecule has 0 aromatic heterocycles. The lowest BCUT2D eigenvalue weighted by Gasteiger charge is -2.36. The molecule has 224 valence electrons. The zero-order valence-electron chi connectivity index (χ0n) is 27.6. The lowest BCUT2D eigenvalue weighted by molar-refractivity contribution is 0.244. The Morgan fingerprint density at radius 3 is 1.63 bits per heavy atom. The maximum atomic E-state index is 6.51. The number of allylic oxidation sites excluding steroid dienone is 2.